The van der Waals surface area contributed by atoms with Gasteiger partial charge in [0.1, 0.15) is 18.0 Å². The Morgan fingerprint density at radius 2 is 1.76 bits per heavy atom. The normalized spacial score (nSPS) is 15.3. The smallest absolute Gasteiger partial charge is 0.410 e. The van der Waals surface area contributed by atoms with Crippen molar-refractivity contribution in [1.82, 2.24) is 4.90 Å². The van der Waals surface area contributed by atoms with Gasteiger partial charge < -0.3 is 14.4 Å². The van der Waals surface area contributed by atoms with Crippen LogP contribution < -0.4 is 4.74 Å². The lowest BCUT2D eigenvalue weighted by atomic mass is 9.89. The van der Waals surface area contributed by atoms with Crippen molar-refractivity contribution >= 4 is 22.0 Å². The molecule has 4 nitrogen and oxygen atoms in total. The van der Waals surface area contributed by atoms with Crippen LogP contribution in [0.25, 0.3) is 0 Å². The Hall–Kier alpha value is -2.01. The minimum Gasteiger partial charge on any atom is -0.489 e. The fourth-order valence-corrected chi connectivity index (χ4v) is 3.73. The zero-order valence-electron chi connectivity index (χ0n) is 17.7. The number of benzene rings is 2. The molecule has 0 radical (unpaired) electrons. The van der Waals surface area contributed by atoms with Crippen molar-refractivity contribution in [3.05, 3.63) is 63.6 Å². The molecule has 0 unspecified atom stereocenters. The van der Waals surface area contributed by atoms with E-state index in [9.17, 15) is 4.79 Å². The van der Waals surface area contributed by atoms with Crippen molar-refractivity contribution in [1.29, 1.82) is 0 Å². The minimum absolute atomic E-state index is 0.202. The van der Waals surface area contributed by atoms with Crippen molar-refractivity contribution in [2.24, 2.45) is 0 Å². The number of piperidine rings is 1. The molecule has 2 aromatic carbocycles. The van der Waals surface area contributed by atoms with Crippen molar-refractivity contribution in [3.8, 4) is 5.75 Å². The van der Waals surface area contributed by atoms with E-state index in [1.807, 2.05) is 43.9 Å². The number of hydrogen-bond donors (Lipinski definition) is 0. The summed E-state index contributed by atoms with van der Waals surface area (Å²) in [6.07, 6.45) is 1.73. The average molecular weight is 460 g/mol. The summed E-state index contributed by atoms with van der Waals surface area (Å²) < 4.78 is 12.5. The molecule has 0 aliphatic carbocycles. The van der Waals surface area contributed by atoms with E-state index in [-0.39, 0.29) is 6.09 Å². The molecule has 0 atom stereocenters. The highest BCUT2D eigenvalue weighted by molar-refractivity contribution is 9.10. The van der Waals surface area contributed by atoms with Crippen LogP contribution in [0.2, 0.25) is 0 Å². The third-order valence-corrected chi connectivity index (χ3v) is 6.02. The van der Waals surface area contributed by atoms with Crippen LogP contribution >= 0.6 is 15.9 Å². The lowest BCUT2D eigenvalue weighted by Crippen LogP contribution is -2.41. The third kappa shape index (κ3) is 6.23. The first-order valence-electron chi connectivity index (χ1n) is 10.2. The van der Waals surface area contributed by atoms with Gasteiger partial charge in [-0.1, -0.05) is 40.2 Å². The lowest BCUT2D eigenvalue weighted by molar-refractivity contribution is 0.0205. The number of halogens is 1. The van der Waals surface area contributed by atoms with E-state index in [0.717, 1.165) is 47.3 Å². The second kappa shape index (κ2) is 9.21. The lowest BCUT2D eigenvalue weighted by Gasteiger charge is -2.33. The highest BCUT2D eigenvalue weighted by Gasteiger charge is 2.27. The van der Waals surface area contributed by atoms with Gasteiger partial charge in [0.05, 0.1) is 0 Å². The number of ether oxygens (including phenoxy) is 2. The maximum absolute atomic E-state index is 12.2. The molecule has 1 saturated heterocycles. The quantitative estimate of drug-likeness (QED) is 0.526. The Morgan fingerprint density at radius 1 is 1.10 bits per heavy atom. The van der Waals surface area contributed by atoms with E-state index < -0.39 is 5.60 Å². The zero-order valence-corrected chi connectivity index (χ0v) is 19.3. The number of nitrogens with zero attached hydrogens (tertiary/aromatic N) is 1. The molecule has 1 aliphatic rings. The standard InChI is InChI=1S/C24H30BrNO3/c1-17-15-21(9-10-22(17)25)28-16-18-5-7-19(8-6-18)20-11-13-26(14-12-20)23(27)29-24(2,3)4/h5-10,15,20H,11-14,16H2,1-4H3. The maximum Gasteiger partial charge on any atom is 0.410 e. The van der Waals surface area contributed by atoms with E-state index in [0.29, 0.717) is 12.5 Å². The Bertz CT molecular complexity index is 834. The van der Waals surface area contributed by atoms with Gasteiger partial charge in [-0.15, -0.1) is 0 Å². The van der Waals surface area contributed by atoms with Gasteiger partial charge in [0.15, 0.2) is 0 Å². The molecule has 1 fully saturated rings. The van der Waals surface area contributed by atoms with Gasteiger partial charge in [0.25, 0.3) is 0 Å². The highest BCUT2D eigenvalue weighted by Crippen LogP contribution is 2.29. The van der Waals surface area contributed by atoms with Gasteiger partial charge in [-0.05, 0) is 81.3 Å². The Balaban J connectivity index is 1.50. The van der Waals surface area contributed by atoms with Crippen molar-refractivity contribution in [3.63, 3.8) is 0 Å². The van der Waals surface area contributed by atoms with Crippen LogP contribution in [0.5, 0.6) is 5.75 Å². The van der Waals surface area contributed by atoms with Gasteiger partial charge in [0.2, 0.25) is 0 Å². The first kappa shape index (κ1) is 21.7. The molecule has 0 saturated carbocycles. The van der Waals surface area contributed by atoms with Gasteiger partial charge >= 0.3 is 6.09 Å². The number of carbonyl (C=O) groups excluding carboxylic acids is 1. The van der Waals surface area contributed by atoms with Crippen LogP contribution in [0.1, 0.15) is 56.2 Å². The fourth-order valence-electron chi connectivity index (χ4n) is 3.48. The molecule has 1 aliphatic heterocycles. The molecule has 29 heavy (non-hydrogen) atoms. The molecule has 1 heterocycles. The molecule has 0 aromatic heterocycles. The number of likely N-dealkylation sites (tertiary alicyclic amines) is 1. The number of aryl methyl sites for hydroxylation is 1. The SMILES string of the molecule is Cc1cc(OCc2ccc(C3CCN(C(=O)OC(C)(C)C)CC3)cc2)ccc1Br. The van der Waals surface area contributed by atoms with E-state index >= 15 is 0 Å². The highest BCUT2D eigenvalue weighted by atomic mass is 79.9. The number of amides is 1. The molecule has 3 rings (SSSR count). The number of rotatable bonds is 4. The Morgan fingerprint density at radius 3 is 2.34 bits per heavy atom. The summed E-state index contributed by atoms with van der Waals surface area (Å²) in [7, 11) is 0. The van der Waals surface area contributed by atoms with Crippen LogP contribution in [0.4, 0.5) is 4.79 Å². The summed E-state index contributed by atoms with van der Waals surface area (Å²) >= 11 is 3.51. The second-order valence-electron chi connectivity index (χ2n) is 8.68. The molecule has 5 heteroatoms. The van der Waals surface area contributed by atoms with Crippen LogP contribution in [0.15, 0.2) is 46.9 Å². The van der Waals surface area contributed by atoms with Gasteiger partial charge in [-0.3, -0.25) is 0 Å². The Kier molecular flexibility index (Phi) is 6.89. The van der Waals surface area contributed by atoms with Crippen LogP contribution in [-0.4, -0.2) is 29.7 Å². The molecule has 0 N–H and O–H groups in total. The van der Waals surface area contributed by atoms with Gasteiger partial charge in [-0.2, -0.15) is 0 Å². The Labute approximate surface area is 182 Å². The average Bonchev–Trinajstić information content (AvgIpc) is 2.68. The zero-order chi connectivity index (χ0) is 21.0. The molecule has 0 spiro atoms. The predicted octanol–water partition coefficient (Wildman–Crippen LogP) is 6.45. The molecule has 2 aromatic rings. The van der Waals surface area contributed by atoms with E-state index in [2.05, 4.69) is 47.1 Å². The summed E-state index contributed by atoms with van der Waals surface area (Å²) in [6.45, 7) is 9.81. The second-order valence-corrected chi connectivity index (χ2v) is 9.54. The first-order valence-corrected chi connectivity index (χ1v) is 11.0. The fraction of sp³-hybridized carbons (Fsp3) is 0.458. The molecular weight excluding hydrogens is 430 g/mol. The summed E-state index contributed by atoms with van der Waals surface area (Å²) in [5.74, 6) is 1.36. The van der Waals surface area contributed by atoms with E-state index in [1.165, 1.54) is 5.56 Å². The van der Waals surface area contributed by atoms with Gasteiger partial charge in [-0.25, -0.2) is 4.79 Å². The maximum atomic E-state index is 12.2. The summed E-state index contributed by atoms with van der Waals surface area (Å²) in [5, 5.41) is 0. The number of carbonyl (C=O) groups is 1. The molecule has 0 bridgehead atoms. The third-order valence-electron chi connectivity index (χ3n) is 5.13. The molecule has 1 amide bonds. The van der Waals surface area contributed by atoms with Crippen LogP contribution in [0, 0.1) is 6.92 Å². The largest absolute Gasteiger partial charge is 0.489 e. The van der Waals surface area contributed by atoms with Gasteiger partial charge in [0, 0.05) is 17.6 Å². The van der Waals surface area contributed by atoms with Crippen molar-refractivity contribution in [2.75, 3.05) is 13.1 Å². The summed E-state index contributed by atoms with van der Waals surface area (Å²) in [4.78, 5) is 14.0. The van der Waals surface area contributed by atoms with Crippen molar-refractivity contribution < 1.29 is 14.3 Å². The van der Waals surface area contributed by atoms with E-state index in [1.54, 1.807) is 0 Å². The first-order chi connectivity index (χ1) is 13.7. The number of hydrogen-bond acceptors (Lipinski definition) is 3. The van der Waals surface area contributed by atoms with Crippen LogP contribution in [0.3, 0.4) is 0 Å². The summed E-state index contributed by atoms with van der Waals surface area (Å²) in [5.41, 5.74) is 3.20. The van der Waals surface area contributed by atoms with Crippen LogP contribution in [-0.2, 0) is 11.3 Å². The van der Waals surface area contributed by atoms with E-state index in [4.69, 9.17) is 9.47 Å². The monoisotopic (exact) mass is 459 g/mol. The molecule has 156 valence electrons. The molecular formula is C24H30BrNO3. The van der Waals surface area contributed by atoms with Crippen molar-refractivity contribution in [2.45, 2.75) is 58.7 Å². The predicted molar refractivity (Wildman–Crippen MR) is 119 cm³/mol. The topological polar surface area (TPSA) is 38.8 Å². The summed E-state index contributed by atoms with van der Waals surface area (Å²) in [6, 6.07) is 14.7. The minimum atomic E-state index is -0.444.